The number of nitrogens with zero attached hydrogens (tertiary/aromatic N) is 1. The highest BCUT2D eigenvalue weighted by Gasteiger charge is 2.56. The minimum atomic E-state index is -0.900. The normalized spacial score (nSPS) is 27.6. The summed E-state index contributed by atoms with van der Waals surface area (Å²) in [5.74, 6) is -1.27. The first-order valence-electron chi connectivity index (χ1n) is 7.20. The minimum absolute atomic E-state index is 0.0513. The van der Waals surface area contributed by atoms with E-state index in [1.807, 2.05) is 20.8 Å². The molecule has 0 aliphatic carbocycles. The van der Waals surface area contributed by atoms with E-state index < -0.39 is 17.5 Å². The highest BCUT2D eigenvalue weighted by atomic mass is 32.2. The molecule has 2 heterocycles. The van der Waals surface area contributed by atoms with Gasteiger partial charge in [0.2, 0.25) is 0 Å². The van der Waals surface area contributed by atoms with Crippen molar-refractivity contribution in [2.24, 2.45) is 5.41 Å². The van der Waals surface area contributed by atoms with E-state index in [1.54, 1.807) is 6.92 Å². The molecule has 1 saturated heterocycles. The second-order valence-electron chi connectivity index (χ2n) is 6.54. The van der Waals surface area contributed by atoms with Crippen LogP contribution in [0.4, 0.5) is 0 Å². The SMILES string of the molecule is CO[C@H]1C(=O)N2C(C(=O)C(C)(C)C)=C(C)C(SCC(=O)O)S[C@@H]12. The summed E-state index contributed by atoms with van der Waals surface area (Å²) >= 11 is 2.73. The zero-order chi connectivity index (χ0) is 17.5. The van der Waals surface area contributed by atoms with Crippen LogP contribution in [0.5, 0.6) is 0 Å². The third-order valence-electron chi connectivity index (χ3n) is 3.73. The lowest BCUT2D eigenvalue weighted by Gasteiger charge is -2.51. The number of fused-ring (bicyclic) bond motifs is 1. The van der Waals surface area contributed by atoms with E-state index in [9.17, 15) is 14.4 Å². The van der Waals surface area contributed by atoms with Crippen molar-refractivity contribution in [3.63, 3.8) is 0 Å². The van der Waals surface area contributed by atoms with Gasteiger partial charge in [0, 0.05) is 12.5 Å². The standard InChI is InChI=1S/C15H21NO5S2/c1-7-9(11(19)15(2,3)4)16-12(20)10(21-5)13(16)23-14(7)22-6-8(17)18/h10,13-14H,6H2,1-5H3,(H,17,18)/t10-,13-,14?/m0/s1. The number of β-lactam (4-membered cyclic amide) rings is 1. The zero-order valence-electron chi connectivity index (χ0n) is 13.8. The summed E-state index contributed by atoms with van der Waals surface area (Å²) in [7, 11) is 1.47. The van der Waals surface area contributed by atoms with Crippen LogP contribution in [0, 0.1) is 5.41 Å². The molecule has 23 heavy (non-hydrogen) atoms. The minimum Gasteiger partial charge on any atom is -0.481 e. The number of allylic oxidation sites excluding steroid dienone is 1. The van der Waals surface area contributed by atoms with E-state index in [4.69, 9.17) is 9.84 Å². The van der Waals surface area contributed by atoms with Crippen LogP contribution < -0.4 is 0 Å². The van der Waals surface area contributed by atoms with Crippen LogP contribution in [0.2, 0.25) is 0 Å². The molecular weight excluding hydrogens is 338 g/mol. The molecule has 0 saturated carbocycles. The number of ketones is 1. The van der Waals surface area contributed by atoms with Gasteiger partial charge < -0.3 is 9.84 Å². The molecule has 2 aliphatic rings. The van der Waals surface area contributed by atoms with Crippen molar-refractivity contribution in [3.05, 3.63) is 11.3 Å². The fourth-order valence-electron chi connectivity index (χ4n) is 2.51. The zero-order valence-corrected chi connectivity index (χ0v) is 15.4. The number of carbonyl (C=O) groups is 3. The first-order valence-corrected chi connectivity index (χ1v) is 9.19. The molecule has 0 spiro atoms. The molecule has 1 unspecified atom stereocenters. The van der Waals surface area contributed by atoms with Crippen molar-refractivity contribution in [2.45, 2.75) is 43.8 Å². The fourth-order valence-corrected chi connectivity index (χ4v) is 5.30. The lowest BCUT2D eigenvalue weighted by Crippen LogP contribution is -2.66. The van der Waals surface area contributed by atoms with E-state index in [1.165, 1.54) is 35.5 Å². The lowest BCUT2D eigenvalue weighted by atomic mass is 9.86. The van der Waals surface area contributed by atoms with E-state index in [-0.39, 0.29) is 27.4 Å². The highest BCUT2D eigenvalue weighted by molar-refractivity contribution is 8.17. The first-order chi connectivity index (χ1) is 10.6. The van der Waals surface area contributed by atoms with Gasteiger partial charge in [0.15, 0.2) is 11.9 Å². The average Bonchev–Trinajstić information content (AvgIpc) is 2.44. The predicted octanol–water partition coefficient (Wildman–Crippen LogP) is 1.95. The maximum absolute atomic E-state index is 12.8. The molecular formula is C15H21NO5S2. The Kier molecular flexibility index (Phi) is 5.18. The van der Waals surface area contributed by atoms with Crippen LogP contribution in [0.25, 0.3) is 0 Å². The lowest BCUT2D eigenvalue weighted by molar-refractivity contribution is -0.160. The highest BCUT2D eigenvalue weighted by Crippen LogP contribution is 2.49. The monoisotopic (exact) mass is 359 g/mol. The van der Waals surface area contributed by atoms with Crippen molar-refractivity contribution in [2.75, 3.05) is 12.9 Å². The van der Waals surface area contributed by atoms with Gasteiger partial charge in [0.1, 0.15) is 5.37 Å². The number of hydrogen-bond acceptors (Lipinski definition) is 6. The van der Waals surface area contributed by atoms with Crippen LogP contribution in [-0.4, -0.2) is 56.6 Å². The number of carboxylic acids is 1. The molecule has 1 amide bonds. The van der Waals surface area contributed by atoms with Gasteiger partial charge in [0.05, 0.1) is 16.0 Å². The molecule has 2 rings (SSSR count). The summed E-state index contributed by atoms with van der Waals surface area (Å²) in [6, 6.07) is 0. The Morgan fingerprint density at radius 1 is 1.39 bits per heavy atom. The number of carbonyl (C=O) groups excluding carboxylic acids is 2. The summed E-state index contributed by atoms with van der Waals surface area (Å²) in [6.07, 6.45) is -0.580. The topological polar surface area (TPSA) is 83.9 Å². The van der Waals surface area contributed by atoms with Crippen molar-refractivity contribution in [1.82, 2.24) is 4.90 Å². The molecule has 1 N–H and O–H groups in total. The molecule has 0 aromatic rings. The smallest absolute Gasteiger partial charge is 0.313 e. The van der Waals surface area contributed by atoms with Crippen LogP contribution in [0.15, 0.2) is 11.3 Å². The van der Waals surface area contributed by atoms with Crippen LogP contribution >= 0.6 is 23.5 Å². The molecule has 0 radical (unpaired) electrons. The molecule has 128 valence electrons. The second-order valence-corrected chi connectivity index (χ2v) is 9.16. The summed E-state index contributed by atoms with van der Waals surface area (Å²) in [5, 5.41) is 8.63. The van der Waals surface area contributed by atoms with Crippen molar-refractivity contribution >= 4 is 41.2 Å². The molecule has 1 fully saturated rings. The number of carboxylic acid groups (broad SMARTS) is 1. The quantitative estimate of drug-likeness (QED) is 0.751. The Morgan fingerprint density at radius 2 is 2.00 bits per heavy atom. The Labute approximate surface area is 144 Å². The van der Waals surface area contributed by atoms with E-state index >= 15 is 0 Å². The van der Waals surface area contributed by atoms with Crippen molar-refractivity contribution in [1.29, 1.82) is 0 Å². The Balaban J connectivity index is 2.39. The number of amides is 1. The van der Waals surface area contributed by atoms with E-state index in [0.29, 0.717) is 5.70 Å². The summed E-state index contributed by atoms with van der Waals surface area (Å²) in [4.78, 5) is 37.5. The summed E-state index contributed by atoms with van der Waals surface area (Å²) < 4.78 is 5.04. The van der Waals surface area contributed by atoms with Gasteiger partial charge in [-0.3, -0.25) is 19.3 Å². The Hall–Kier alpha value is -0.990. The number of Topliss-reactive ketones (excluding diaryl/α,β-unsaturated/α-hetero) is 1. The number of ether oxygens (including phenoxy) is 1. The maximum Gasteiger partial charge on any atom is 0.313 e. The van der Waals surface area contributed by atoms with Gasteiger partial charge in [-0.1, -0.05) is 20.8 Å². The molecule has 8 heteroatoms. The fraction of sp³-hybridized carbons (Fsp3) is 0.667. The maximum atomic E-state index is 12.8. The van der Waals surface area contributed by atoms with Gasteiger partial charge in [-0.2, -0.15) is 0 Å². The Bertz CT molecular complexity index is 581. The molecule has 6 nitrogen and oxygen atoms in total. The number of methoxy groups -OCH3 is 1. The first kappa shape index (κ1) is 18.4. The third kappa shape index (κ3) is 3.29. The molecule has 0 bridgehead atoms. The summed E-state index contributed by atoms with van der Waals surface area (Å²) in [6.45, 7) is 7.23. The second kappa shape index (κ2) is 6.49. The number of aliphatic carboxylic acids is 1. The molecule has 0 aromatic carbocycles. The van der Waals surface area contributed by atoms with Gasteiger partial charge in [-0.15, -0.1) is 23.5 Å². The largest absolute Gasteiger partial charge is 0.481 e. The Morgan fingerprint density at radius 3 is 2.48 bits per heavy atom. The van der Waals surface area contributed by atoms with Gasteiger partial charge >= 0.3 is 5.97 Å². The molecule has 0 aromatic heterocycles. The van der Waals surface area contributed by atoms with Crippen molar-refractivity contribution in [3.8, 4) is 0 Å². The van der Waals surface area contributed by atoms with Crippen LogP contribution in [-0.2, 0) is 19.1 Å². The van der Waals surface area contributed by atoms with Gasteiger partial charge in [-0.25, -0.2) is 0 Å². The van der Waals surface area contributed by atoms with Crippen LogP contribution in [0.3, 0.4) is 0 Å². The van der Waals surface area contributed by atoms with E-state index in [2.05, 4.69) is 0 Å². The molecule has 2 aliphatic heterocycles. The number of hydrogen-bond donors (Lipinski definition) is 1. The summed E-state index contributed by atoms with van der Waals surface area (Å²) in [5.41, 5.74) is 0.534. The number of rotatable bonds is 5. The number of thioether (sulfide) groups is 2. The van der Waals surface area contributed by atoms with Crippen molar-refractivity contribution < 1.29 is 24.2 Å². The van der Waals surface area contributed by atoms with Gasteiger partial charge in [-0.05, 0) is 12.5 Å². The molecule has 3 atom stereocenters. The predicted molar refractivity (Wildman–Crippen MR) is 90.1 cm³/mol. The van der Waals surface area contributed by atoms with Crippen LogP contribution in [0.1, 0.15) is 27.7 Å². The van der Waals surface area contributed by atoms with E-state index in [0.717, 1.165) is 5.57 Å². The third-order valence-corrected chi connectivity index (χ3v) is 6.88. The average molecular weight is 359 g/mol. The van der Waals surface area contributed by atoms with Gasteiger partial charge in [0.25, 0.3) is 5.91 Å².